The number of hydrogen-bond donors (Lipinski definition) is 1. The molecule has 1 aliphatic carbocycles. The third-order valence-electron chi connectivity index (χ3n) is 5.47. The minimum absolute atomic E-state index is 0.357. The second-order valence-electron chi connectivity index (χ2n) is 7.03. The van der Waals surface area contributed by atoms with Gasteiger partial charge in [0, 0.05) is 30.5 Å². The van der Waals surface area contributed by atoms with Gasteiger partial charge < -0.3 is 14.0 Å². The van der Waals surface area contributed by atoms with E-state index in [1.807, 2.05) is 12.1 Å². The Hall–Kier alpha value is -2.11. The highest BCUT2D eigenvalue weighted by molar-refractivity contribution is 7.94. The molecule has 1 fully saturated rings. The molecule has 2 aliphatic heterocycles. The van der Waals surface area contributed by atoms with E-state index < -0.39 is 0 Å². The van der Waals surface area contributed by atoms with Crippen molar-refractivity contribution in [1.82, 2.24) is 4.90 Å². The largest absolute Gasteiger partial charge is 0.508 e. The lowest BCUT2D eigenvalue weighted by molar-refractivity contribution is 0.181. The van der Waals surface area contributed by atoms with E-state index in [1.54, 1.807) is 13.2 Å². The smallest absolute Gasteiger partial charge is 0.183 e. The van der Waals surface area contributed by atoms with E-state index in [-0.39, 0.29) is 0 Å². The van der Waals surface area contributed by atoms with Crippen molar-refractivity contribution in [3.05, 3.63) is 76.8 Å². The first-order chi connectivity index (χ1) is 13.2. The molecular formula is C22H25NO3S. The lowest BCUT2D eigenvalue weighted by Crippen LogP contribution is -2.41. The van der Waals surface area contributed by atoms with Gasteiger partial charge in [-0.3, -0.25) is 4.90 Å². The monoisotopic (exact) mass is 383 g/mol. The summed E-state index contributed by atoms with van der Waals surface area (Å²) in [6.07, 6.45) is 8.99. The number of fused-ring (bicyclic) bond motifs is 4. The van der Waals surface area contributed by atoms with Crippen molar-refractivity contribution in [2.45, 2.75) is 25.3 Å². The van der Waals surface area contributed by atoms with Gasteiger partial charge in [0.05, 0.1) is 19.2 Å². The van der Waals surface area contributed by atoms with Gasteiger partial charge in [-0.05, 0) is 54.2 Å². The summed E-state index contributed by atoms with van der Waals surface area (Å²) >= 11 is 1.39. The van der Waals surface area contributed by atoms with Crippen molar-refractivity contribution in [3.63, 3.8) is 0 Å². The number of benzene rings is 1. The van der Waals surface area contributed by atoms with Crippen molar-refractivity contribution in [2.24, 2.45) is 0 Å². The molecule has 2 heterocycles. The highest BCUT2D eigenvalue weighted by Crippen LogP contribution is 2.44. The summed E-state index contributed by atoms with van der Waals surface area (Å²) in [5.41, 5.74) is 5.18. The number of rotatable bonds is 5. The van der Waals surface area contributed by atoms with Gasteiger partial charge in [0.1, 0.15) is 5.75 Å². The molecule has 1 aromatic carbocycles. The van der Waals surface area contributed by atoms with Crippen LogP contribution in [0.2, 0.25) is 0 Å². The van der Waals surface area contributed by atoms with Gasteiger partial charge >= 0.3 is 0 Å². The first kappa shape index (κ1) is 18.3. The van der Waals surface area contributed by atoms with E-state index in [0.717, 1.165) is 49.6 Å². The predicted molar refractivity (Wildman–Crippen MR) is 109 cm³/mol. The van der Waals surface area contributed by atoms with Crippen LogP contribution in [0.1, 0.15) is 30.0 Å². The van der Waals surface area contributed by atoms with E-state index in [1.165, 1.54) is 34.3 Å². The van der Waals surface area contributed by atoms with Crippen LogP contribution in [0.25, 0.3) is 0 Å². The predicted octanol–water partition coefficient (Wildman–Crippen LogP) is 4.66. The van der Waals surface area contributed by atoms with Crippen molar-refractivity contribution < 1.29 is 14.0 Å². The summed E-state index contributed by atoms with van der Waals surface area (Å²) in [5, 5.41) is 9.82. The molecule has 3 aliphatic rings. The van der Waals surface area contributed by atoms with E-state index in [9.17, 15) is 5.11 Å². The molecule has 0 saturated carbocycles. The number of aromatic hydroxyl groups is 1. The van der Waals surface area contributed by atoms with Gasteiger partial charge in [-0.15, -0.1) is 6.58 Å². The average molecular weight is 384 g/mol. The first-order valence-corrected chi connectivity index (χ1v) is 10.3. The Morgan fingerprint density at radius 3 is 3.07 bits per heavy atom. The molecule has 0 spiro atoms. The summed E-state index contributed by atoms with van der Waals surface area (Å²) in [6.45, 7) is 5.60. The Labute approximate surface area is 165 Å². The van der Waals surface area contributed by atoms with Crippen molar-refractivity contribution in [2.75, 3.05) is 26.0 Å². The number of nitrogens with zero attached hydrogens (tertiary/aromatic N) is 1. The Balaban J connectivity index is 1.68. The molecule has 1 aromatic rings. The molecule has 4 rings (SSSR count). The molecule has 1 unspecified atom stereocenters. The molecule has 1 saturated heterocycles. The maximum absolute atomic E-state index is 9.82. The molecule has 4 nitrogen and oxygen atoms in total. The fraction of sp³-hybridized carbons (Fsp3) is 0.364. The molecule has 1 N–H and O–H groups in total. The van der Waals surface area contributed by atoms with Crippen molar-refractivity contribution >= 4 is 12.0 Å². The van der Waals surface area contributed by atoms with Gasteiger partial charge in [-0.1, -0.05) is 18.2 Å². The van der Waals surface area contributed by atoms with Crippen LogP contribution in [0.4, 0.5) is 0 Å². The number of piperidine rings is 1. The Bertz CT molecular complexity index is 840. The van der Waals surface area contributed by atoms with Crippen LogP contribution in [-0.2, 0) is 15.3 Å². The topological polar surface area (TPSA) is 41.9 Å². The molecule has 0 aromatic heterocycles. The number of methoxy groups -OCH3 is 1. The molecule has 27 heavy (non-hydrogen) atoms. The van der Waals surface area contributed by atoms with Gasteiger partial charge in [-0.2, -0.15) is 0 Å². The molecule has 5 heteroatoms. The van der Waals surface area contributed by atoms with E-state index in [2.05, 4.69) is 29.7 Å². The fourth-order valence-electron chi connectivity index (χ4n) is 4.20. The van der Waals surface area contributed by atoms with Gasteiger partial charge in [0.2, 0.25) is 0 Å². The fourth-order valence-corrected chi connectivity index (χ4v) is 4.66. The molecule has 0 amide bonds. The maximum atomic E-state index is 9.82. The Morgan fingerprint density at radius 2 is 2.26 bits per heavy atom. The average Bonchev–Trinajstić information content (AvgIpc) is 2.85. The SMILES string of the molecule is C=CCSOC1=C2CN3CCc4cc(O)ccc4C3CC2=CCC=C1OC. The van der Waals surface area contributed by atoms with Crippen LogP contribution in [0.5, 0.6) is 5.75 Å². The van der Waals surface area contributed by atoms with E-state index >= 15 is 0 Å². The molecule has 1 atom stereocenters. The first-order valence-electron chi connectivity index (χ1n) is 9.34. The zero-order valence-electron chi connectivity index (χ0n) is 15.6. The summed E-state index contributed by atoms with van der Waals surface area (Å²) < 4.78 is 11.7. The second kappa shape index (κ2) is 7.87. The zero-order valence-corrected chi connectivity index (χ0v) is 16.4. The van der Waals surface area contributed by atoms with Gasteiger partial charge in [0.15, 0.2) is 11.5 Å². The van der Waals surface area contributed by atoms with Crippen molar-refractivity contribution in [3.8, 4) is 5.75 Å². The summed E-state index contributed by atoms with van der Waals surface area (Å²) in [4.78, 5) is 2.52. The molecule has 142 valence electrons. The minimum Gasteiger partial charge on any atom is -0.508 e. The number of allylic oxidation sites excluding steroid dienone is 2. The van der Waals surface area contributed by atoms with Crippen LogP contribution >= 0.6 is 12.0 Å². The number of hydrogen-bond acceptors (Lipinski definition) is 5. The number of phenols is 1. The number of phenolic OH excluding ortho intramolecular Hbond substituents is 1. The van der Waals surface area contributed by atoms with E-state index in [4.69, 9.17) is 8.92 Å². The highest BCUT2D eigenvalue weighted by atomic mass is 32.2. The normalized spacial score (nSPS) is 21.9. The van der Waals surface area contributed by atoms with Crippen LogP contribution in [0.3, 0.4) is 0 Å². The van der Waals surface area contributed by atoms with Crippen molar-refractivity contribution in [1.29, 1.82) is 0 Å². The van der Waals surface area contributed by atoms with Crippen LogP contribution in [-0.4, -0.2) is 36.0 Å². The Morgan fingerprint density at radius 1 is 1.37 bits per heavy atom. The summed E-state index contributed by atoms with van der Waals surface area (Å²) in [5.74, 6) is 2.75. The maximum Gasteiger partial charge on any atom is 0.183 e. The standard InChI is InChI=1S/C22H25NO3S/c1-3-11-27-26-22-19-14-23-10-9-16-12-17(24)7-8-18(16)20(23)13-15(19)5-4-6-21(22)25-2/h3,5-8,12,20,24H,1,4,9-11,13-14H2,2H3. The zero-order chi connectivity index (χ0) is 18.8. The molecule has 0 bridgehead atoms. The van der Waals surface area contributed by atoms with Crippen LogP contribution in [0, 0.1) is 0 Å². The lowest BCUT2D eigenvalue weighted by atomic mass is 9.82. The summed E-state index contributed by atoms with van der Waals surface area (Å²) in [7, 11) is 1.70. The van der Waals surface area contributed by atoms with Crippen LogP contribution < -0.4 is 0 Å². The van der Waals surface area contributed by atoms with Gasteiger partial charge in [-0.25, -0.2) is 0 Å². The van der Waals surface area contributed by atoms with E-state index in [0.29, 0.717) is 11.8 Å². The lowest BCUT2D eigenvalue weighted by Gasteiger charge is -2.42. The Kier molecular flexibility index (Phi) is 5.32. The second-order valence-corrected chi connectivity index (χ2v) is 7.76. The van der Waals surface area contributed by atoms with Gasteiger partial charge in [0.25, 0.3) is 0 Å². The third kappa shape index (κ3) is 3.54. The quantitative estimate of drug-likeness (QED) is 0.455. The third-order valence-corrected chi connectivity index (χ3v) is 6.13. The molecule has 0 radical (unpaired) electrons. The minimum atomic E-state index is 0.357. The number of ether oxygens (including phenoxy) is 1. The van der Waals surface area contributed by atoms with Crippen LogP contribution in [0.15, 0.2) is 65.7 Å². The molecular weight excluding hydrogens is 358 g/mol. The highest BCUT2D eigenvalue weighted by Gasteiger charge is 2.36. The summed E-state index contributed by atoms with van der Waals surface area (Å²) in [6, 6.07) is 6.17.